The van der Waals surface area contributed by atoms with Gasteiger partial charge in [0.25, 0.3) is 0 Å². The summed E-state index contributed by atoms with van der Waals surface area (Å²) >= 11 is 2.00. The molecular formula is C38H45Cl2Ti-3. The molecule has 0 amide bonds. The van der Waals surface area contributed by atoms with E-state index in [0.29, 0.717) is 0 Å². The molecule has 0 N–H and O–H groups in total. The molecule has 0 saturated heterocycles. The summed E-state index contributed by atoms with van der Waals surface area (Å²) in [7, 11) is 0. The van der Waals surface area contributed by atoms with Crippen LogP contribution in [0.15, 0.2) is 78.9 Å². The van der Waals surface area contributed by atoms with Gasteiger partial charge in [-0.2, -0.15) is 71.8 Å². The minimum absolute atomic E-state index is 0. The molecule has 4 aliphatic rings. The Balaban J connectivity index is 0.000000305. The fourth-order valence-corrected chi connectivity index (χ4v) is 6.16. The van der Waals surface area contributed by atoms with E-state index in [4.69, 9.17) is 0 Å². The number of benzene rings is 3. The predicted octanol–water partition coefficient (Wildman–Crippen LogP) is 11.1. The van der Waals surface area contributed by atoms with Crippen LogP contribution in [0.4, 0.5) is 0 Å². The van der Waals surface area contributed by atoms with Crippen LogP contribution in [0.5, 0.6) is 0 Å². The van der Waals surface area contributed by atoms with E-state index in [1.54, 1.807) is 11.1 Å². The smallest absolute Gasteiger partial charge is 0.0162 e. The van der Waals surface area contributed by atoms with Crippen molar-refractivity contribution in [2.75, 3.05) is 0 Å². The monoisotopic (exact) mass is 619 g/mol. The number of hydrogen-bond acceptors (Lipinski definition) is 0. The molecule has 0 atom stereocenters. The van der Waals surface area contributed by atoms with Crippen molar-refractivity contribution in [3.8, 4) is 11.1 Å². The molecule has 2 saturated carbocycles. The first-order chi connectivity index (χ1) is 19.3. The van der Waals surface area contributed by atoms with Crippen LogP contribution in [0, 0.1) is 18.2 Å². The second kappa shape index (κ2) is 20.3. The van der Waals surface area contributed by atoms with Crippen molar-refractivity contribution in [1.82, 2.24) is 0 Å². The Morgan fingerprint density at radius 3 is 1.88 bits per heavy atom. The van der Waals surface area contributed by atoms with E-state index in [9.17, 15) is 0 Å². The van der Waals surface area contributed by atoms with Crippen molar-refractivity contribution < 1.29 is 20.0 Å². The third-order valence-electron chi connectivity index (χ3n) is 8.19. The zero-order valence-corrected chi connectivity index (χ0v) is 27.7. The first kappa shape index (κ1) is 35.5. The summed E-state index contributed by atoms with van der Waals surface area (Å²) in [5.74, 6) is 1.58. The maximum Gasteiger partial charge on any atom is -0.0162 e. The molecule has 218 valence electrons. The van der Waals surface area contributed by atoms with E-state index < -0.39 is 0 Å². The van der Waals surface area contributed by atoms with Crippen LogP contribution < -0.4 is 0 Å². The SMILES string of the molecule is C[CH]=[Ti].Cl.Cl.[C-]1=CC=CC1.[c-]1cc(C2CCCCC2)cc2c1Cc1ccc(C3CCCCC3)cc1-2.[c-]1ccccc1. The number of allylic oxidation sites excluding steroid dienone is 4. The van der Waals surface area contributed by atoms with Gasteiger partial charge in [-0.15, -0.1) is 36.8 Å². The predicted molar refractivity (Wildman–Crippen MR) is 178 cm³/mol. The number of fused-ring (bicyclic) bond motifs is 3. The van der Waals surface area contributed by atoms with Gasteiger partial charge in [0.2, 0.25) is 0 Å². The fraction of sp³-hybridized carbons (Fsp3) is 0.395. The molecule has 0 heterocycles. The van der Waals surface area contributed by atoms with Crippen LogP contribution in [0.3, 0.4) is 0 Å². The van der Waals surface area contributed by atoms with Gasteiger partial charge in [0.1, 0.15) is 0 Å². The Bertz CT molecular complexity index is 1100. The minimum atomic E-state index is 0. The van der Waals surface area contributed by atoms with E-state index in [2.05, 4.69) is 54.6 Å². The topological polar surface area (TPSA) is 0 Å². The Hall–Kier alpha value is -1.70. The van der Waals surface area contributed by atoms with E-state index >= 15 is 0 Å². The molecule has 0 spiro atoms. The summed E-state index contributed by atoms with van der Waals surface area (Å²) in [5, 5.41) is 0. The summed E-state index contributed by atoms with van der Waals surface area (Å²) in [4.78, 5) is 0. The Morgan fingerprint density at radius 1 is 0.780 bits per heavy atom. The van der Waals surface area contributed by atoms with Crippen molar-refractivity contribution in [3.63, 3.8) is 0 Å². The molecule has 4 aliphatic carbocycles. The second-order valence-corrected chi connectivity index (χ2v) is 11.9. The minimum Gasteiger partial charge on any atom is -0.273 e. The van der Waals surface area contributed by atoms with Crippen molar-refractivity contribution in [2.45, 2.75) is 95.8 Å². The molecule has 0 unspecified atom stereocenters. The molecular weight excluding hydrogens is 575 g/mol. The van der Waals surface area contributed by atoms with Gasteiger partial charge in [-0.3, -0.25) is 6.08 Å². The van der Waals surface area contributed by atoms with Crippen LogP contribution in [0.1, 0.15) is 112 Å². The zero-order chi connectivity index (χ0) is 27.1. The Morgan fingerprint density at radius 2 is 1.39 bits per heavy atom. The maximum atomic E-state index is 3.66. The first-order valence-corrected chi connectivity index (χ1v) is 16.0. The van der Waals surface area contributed by atoms with Gasteiger partial charge >= 0.3 is 31.2 Å². The van der Waals surface area contributed by atoms with Crippen LogP contribution >= 0.6 is 24.8 Å². The molecule has 0 aromatic heterocycles. The van der Waals surface area contributed by atoms with Gasteiger partial charge in [0, 0.05) is 0 Å². The molecule has 3 aromatic rings. The van der Waals surface area contributed by atoms with E-state index in [1.165, 1.54) is 86.5 Å². The number of hydrogen-bond donors (Lipinski definition) is 0. The van der Waals surface area contributed by atoms with Crippen molar-refractivity contribution in [2.24, 2.45) is 0 Å². The zero-order valence-electron chi connectivity index (χ0n) is 24.5. The number of halogens is 2. The molecule has 2 fully saturated rings. The van der Waals surface area contributed by atoms with Gasteiger partial charge in [-0.25, -0.2) is 12.2 Å². The average molecular weight is 621 g/mol. The van der Waals surface area contributed by atoms with Crippen LogP contribution in [-0.4, -0.2) is 4.31 Å². The summed E-state index contributed by atoms with van der Waals surface area (Å²) in [5.41, 5.74) is 9.11. The van der Waals surface area contributed by atoms with Gasteiger partial charge in [0.05, 0.1) is 0 Å². The van der Waals surface area contributed by atoms with Gasteiger partial charge in [-0.1, -0.05) is 86.6 Å². The summed E-state index contributed by atoms with van der Waals surface area (Å²) in [6, 6.07) is 28.4. The summed E-state index contributed by atoms with van der Waals surface area (Å²) < 4.78 is 2.00. The largest absolute Gasteiger partial charge is 0.273 e. The second-order valence-electron chi connectivity index (χ2n) is 11.0. The number of rotatable bonds is 2. The fourth-order valence-electron chi connectivity index (χ4n) is 6.16. The van der Waals surface area contributed by atoms with Crippen molar-refractivity contribution in [1.29, 1.82) is 0 Å². The molecule has 0 radical (unpaired) electrons. The normalized spacial score (nSPS) is 16.5. The molecule has 41 heavy (non-hydrogen) atoms. The van der Waals surface area contributed by atoms with Crippen molar-refractivity contribution in [3.05, 3.63) is 119 Å². The maximum absolute atomic E-state index is 3.66. The van der Waals surface area contributed by atoms with Gasteiger partial charge in [0.15, 0.2) is 0 Å². The third kappa shape index (κ3) is 11.1. The standard InChI is InChI=1S/C25H29.C6H5.C5H5.C2H4.2ClH.Ti/c1-3-7-18(8-4-1)20-11-13-22-15-23-14-12-21(17-25(23)24(22)16-20)19-9-5-2-6-10-19;1-2-4-6-5-3-1;1-2-4-5-3-1;1-2;;;/h11-13,16-19H,1-10,15H2;1-5H;1-3H,4H2;1H,2H3;2*1H;/q3*-1;;;;. The summed E-state index contributed by atoms with van der Waals surface area (Å²) in [6.45, 7) is 2.00. The average Bonchev–Trinajstić information content (AvgIpc) is 3.71. The quantitative estimate of drug-likeness (QED) is 0.155. The summed E-state index contributed by atoms with van der Waals surface area (Å²) in [6.07, 6.45) is 25.1. The molecule has 0 bridgehead atoms. The van der Waals surface area contributed by atoms with E-state index in [0.717, 1.165) is 24.7 Å². The molecule has 3 heteroatoms. The van der Waals surface area contributed by atoms with Crippen LogP contribution in [-0.2, 0) is 26.4 Å². The molecule has 0 aliphatic heterocycles. The first-order valence-electron chi connectivity index (χ1n) is 15.1. The van der Waals surface area contributed by atoms with E-state index in [-0.39, 0.29) is 24.8 Å². The van der Waals surface area contributed by atoms with E-state index in [1.807, 2.05) is 73.7 Å². The molecule has 7 rings (SSSR count). The van der Waals surface area contributed by atoms with Gasteiger partial charge in [-0.05, 0) is 30.7 Å². The molecule has 3 aromatic carbocycles. The third-order valence-corrected chi connectivity index (χ3v) is 8.19. The van der Waals surface area contributed by atoms with Crippen molar-refractivity contribution >= 4 is 29.1 Å². The Kier molecular flexibility index (Phi) is 17.5. The van der Waals surface area contributed by atoms with Gasteiger partial charge < -0.3 is 0 Å². The molecule has 0 nitrogen and oxygen atoms in total. The van der Waals surface area contributed by atoms with Crippen LogP contribution in [0.25, 0.3) is 11.1 Å². The van der Waals surface area contributed by atoms with Crippen LogP contribution in [0.2, 0.25) is 0 Å². The Labute approximate surface area is 273 Å².